The Labute approximate surface area is 114 Å². The van der Waals surface area contributed by atoms with E-state index in [4.69, 9.17) is 0 Å². The third-order valence-corrected chi connectivity index (χ3v) is 2.84. The molecule has 0 unspecified atom stereocenters. The summed E-state index contributed by atoms with van der Waals surface area (Å²) in [5.41, 5.74) is 0.962. The van der Waals surface area contributed by atoms with Crippen LogP contribution in [0.1, 0.15) is 37.6 Å². The van der Waals surface area contributed by atoms with Crippen molar-refractivity contribution in [1.82, 2.24) is 15.3 Å². The van der Waals surface area contributed by atoms with Crippen LogP contribution in [0.25, 0.3) is 0 Å². The molecule has 106 valence electrons. The van der Waals surface area contributed by atoms with E-state index in [1.54, 1.807) is 7.05 Å². The van der Waals surface area contributed by atoms with Gasteiger partial charge in [-0.15, -0.1) is 0 Å². The van der Waals surface area contributed by atoms with Gasteiger partial charge < -0.3 is 16.0 Å². The summed E-state index contributed by atoms with van der Waals surface area (Å²) in [6.07, 6.45) is 0.422. The van der Waals surface area contributed by atoms with Crippen molar-refractivity contribution in [2.75, 3.05) is 31.3 Å². The Kier molecular flexibility index (Phi) is 5.54. The van der Waals surface area contributed by atoms with Crippen LogP contribution in [-0.4, -0.2) is 36.5 Å². The number of aromatic nitrogens is 2. The molecule has 6 nitrogen and oxygen atoms in total. The van der Waals surface area contributed by atoms with Gasteiger partial charge in [0.25, 0.3) is 0 Å². The van der Waals surface area contributed by atoms with Crippen LogP contribution in [0.2, 0.25) is 0 Å². The standard InChI is InChI=1S/C13H23N5O/c1-8(2)11-17-12(15-5)9(3)13(18-11)16-7-6-10(19)14-4/h8H,6-7H2,1-5H3,(H,14,19)(H2,15,16,17,18). The maximum atomic E-state index is 11.2. The number of carbonyl (C=O) groups is 1. The molecule has 0 aliphatic heterocycles. The highest BCUT2D eigenvalue weighted by atomic mass is 16.1. The molecule has 0 radical (unpaired) electrons. The fourth-order valence-electron chi connectivity index (χ4n) is 1.63. The number of amides is 1. The molecule has 19 heavy (non-hydrogen) atoms. The second-order valence-electron chi connectivity index (χ2n) is 4.66. The highest BCUT2D eigenvalue weighted by Gasteiger charge is 2.12. The Morgan fingerprint density at radius 1 is 1.21 bits per heavy atom. The largest absolute Gasteiger partial charge is 0.373 e. The zero-order chi connectivity index (χ0) is 14.4. The minimum absolute atomic E-state index is 0.0112. The van der Waals surface area contributed by atoms with Gasteiger partial charge in [0.05, 0.1) is 0 Å². The molecule has 0 aliphatic carbocycles. The number of anilines is 2. The second-order valence-corrected chi connectivity index (χ2v) is 4.66. The normalized spacial score (nSPS) is 10.4. The highest BCUT2D eigenvalue weighted by Crippen LogP contribution is 2.22. The van der Waals surface area contributed by atoms with Crippen LogP contribution >= 0.6 is 0 Å². The Morgan fingerprint density at radius 2 is 1.84 bits per heavy atom. The first kappa shape index (κ1) is 15.2. The van der Waals surface area contributed by atoms with Gasteiger partial charge in [0.2, 0.25) is 5.91 Å². The van der Waals surface area contributed by atoms with Crippen LogP contribution in [-0.2, 0) is 4.79 Å². The Hall–Kier alpha value is -1.85. The molecule has 0 saturated carbocycles. The predicted octanol–water partition coefficient (Wildman–Crippen LogP) is 1.50. The molecule has 1 rings (SSSR count). The lowest BCUT2D eigenvalue weighted by atomic mass is 10.2. The first-order valence-corrected chi connectivity index (χ1v) is 6.50. The molecular formula is C13H23N5O. The van der Waals surface area contributed by atoms with Crippen LogP contribution in [0, 0.1) is 6.92 Å². The van der Waals surface area contributed by atoms with Gasteiger partial charge in [-0.2, -0.15) is 0 Å². The first-order chi connectivity index (χ1) is 8.99. The van der Waals surface area contributed by atoms with Crippen molar-refractivity contribution in [2.45, 2.75) is 33.1 Å². The molecule has 1 heterocycles. The predicted molar refractivity (Wildman–Crippen MR) is 77.6 cm³/mol. The molecule has 1 amide bonds. The van der Waals surface area contributed by atoms with E-state index in [0.29, 0.717) is 13.0 Å². The monoisotopic (exact) mass is 265 g/mol. The minimum atomic E-state index is 0.0112. The summed E-state index contributed by atoms with van der Waals surface area (Å²) in [6, 6.07) is 0. The molecular weight excluding hydrogens is 242 g/mol. The van der Waals surface area contributed by atoms with Crippen molar-refractivity contribution < 1.29 is 4.79 Å². The van der Waals surface area contributed by atoms with Crippen molar-refractivity contribution in [3.63, 3.8) is 0 Å². The number of rotatable bonds is 6. The smallest absolute Gasteiger partial charge is 0.221 e. The average Bonchev–Trinajstić information content (AvgIpc) is 2.40. The molecule has 0 bridgehead atoms. The van der Waals surface area contributed by atoms with Gasteiger partial charge in [0.1, 0.15) is 17.5 Å². The Balaban J connectivity index is 2.86. The molecule has 0 aliphatic rings. The summed E-state index contributed by atoms with van der Waals surface area (Å²) in [5, 5.41) is 8.86. The molecule has 6 heteroatoms. The summed E-state index contributed by atoms with van der Waals surface area (Å²) < 4.78 is 0. The molecule has 0 fully saturated rings. The summed E-state index contributed by atoms with van der Waals surface area (Å²) >= 11 is 0. The van der Waals surface area contributed by atoms with E-state index in [1.807, 2.05) is 14.0 Å². The summed E-state index contributed by atoms with van der Waals surface area (Å²) in [4.78, 5) is 20.2. The van der Waals surface area contributed by atoms with Crippen LogP contribution < -0.4 is 16.0 Å². The van der Waals surface area contributed by atoms with Crippen LogP contribution in [0.3, 0.4) is 0 Å². The second kappa shape index (κ2) is 6.92. The van der Waals surface area contributed by atoms with Gasteiger partial charge in [0.15, 0.2) is 0 Å². The molecule has 0 spiro atoms. The lowest BCUT2D eigenvalue weighted by Crippen LogP contribution is -2.21. The SMILES string of the molecule is CNC(=O)CCNc1nc(C(C)C)nc(NC)c1C. The van der Waals surface area contributed by atoms with Gasteiger partial charge in [0, 0.05) is 38.5 Å². The van der Waals surface area contributed by atoms with Crippen LogP contribution in [0.5, 0.6) is 0 Å². The quantitative estimate of drug-likeness (QED) is 0.726. The third-order valence-electron chi connectivity index (χ3n) is 2.84. The van der Waals surface area contributed by atoms with Crippen LogP contribution in [0.15, 0.2) is 0 Å². The van der Waals surface area contributed by atoms with E-state index in [2.05, 4.69) is 39.8 Å². The number of nitrogens with zero attached hydrogens (tertiary/aromatic N) is 2. The number of hydrogen-bond donors (Lipinski definition) is 3. The van der Waals surface area contributed by atoms with Crippen molar-refractivity contribution in [1.29, 1.82) is 0 Å². The summed E-state index contributed by atoms with van der Waals surface area (Å²) in [5.74, 6) is 2.66. The maximum Gasteiger partial charge on any atom is 0.221 e. The van der Waals surface area contributed by atoms with Gasteiger partial charge in [-0.1, -0.05) is 13.8 Å². The Morgan fingerprint density at radius 3 is 2.37 bits per heavy atom. The number of carbonyl (C=O) groups excluding carboxylic acids is 1. The zero-order valence-corrected chi connectivity index (χ0v) is 12.3. The van der Waals surface area contributed by atoms with Gasteiger partial charge in [-0.25, -0.2) is 9.97 Å². The number of hydrogen-bond acceptors (Lipinski definition) is 5. The number of nitrogens with one attached hydrogen (secondary N) is 3. The van der Waals surface area contributed by atoms with Crippen molar-refractivity contribution in [3.8, 4) is 0 Å². The molecule has 0 aromatic carbocycles. The fraction of sp³-hybridized carbons (Fsp3) is 0.615. The van der Waals surface area contributed by atoms with Crippen molar-refractivity contribution >= 4 is 17.5 Å². The molecule has 1 aromatic heterocycles. The lowest BCUT2D eigenvalue weighted by molar-refractivity contribution is -0.120. The van der Waals surface area contributed by atoms with E-state index in [0.717, 1.165) is 23.0 Å². The van der Waals surface area contributed by atoms with E-state index in [9.17, 15) is 4.79 Å². The van der Waals surface area contributed by atoms with E-state index >= 15 is 0 Å². The average molecular weight is 265 g/mol. The first-order valence-electron chi connectivity index (χ1n) is 6.50. The van der Waals surface area contributed by atoms with Crippen LogP contribution in [0.4, 0.5) is 11.6 Å². The van der Waals surface area contributed by atoms with E-state index in [1.165, 1.54) is 0 Å². The molecule has 1 aromatic rings. The van der Waals surface area contributed by atoms with E-state index < -0.39 is 0 Å². The van der Waals surface area contributed by atoms with Gasteiger partial charge in [-0.05, 0) is 6.92 Å². The molecule has 3 N–H and O–H groups in total. The van der Waals surface area contributed by atoms with Crippen molar-refractivity contribution in [2.24, 2.45) is 0 Å². The third kappa shape index (κ3) is 4.08. The molecule has 0 saturated heterocycles. The molecule has 0 atom stereocenters. The Bertz CT molecular complexity index is 445. The summed E-state index contributed by atoms with van der Waals surface area (Å²) in [6.45, 7) is 6.62. The zero-order valence-electron chi connectivity index (χ0n) is 12.3. The fourth-order valence-corrected chi connectivity index (χ4v) is 1.63. The highest BCUT2D eigenvalue weighted by molar-refractivity contribution is 5.76. The topological polar surface area (TPSA) is 78.9 Å². The minimum Gasteiger partial charge on any atom is -0.373 e. The summed E-state index contributed by atoms with van der Waals surface area (Å²) in [7, 11) is 3.47. The maximum absolute atomic E-state index is 11.2. The lowest BCUT2D eigenvalue weighted by Gasteiger charge is -2.15. The van der Waals surface area contributed by atoms with Gasteiger partial charge >= 0.3 is 0 Å². The van der Waals surface area contributed by atoms with E-state index in [-0.39, 0.29) is 11.8 Å². The van der Waals surface area contributed by atoms with Crippen molar-refractivity contribution in [3.05, 3.63) is 11.4 Å². The van der Waals surface area contributed by atoms with Gasteiger partial charge in [-0.3, -0.25) is 4.79 Å².